The maximum atomic E-state index is 10.6. The molecule has 2 aromatic carbocycles. The highest BCUT2D eigenvalue weighted by Gasteiger charge is 2.42. The summed E-state index contributed by atoms with van der Waals surface area (Å²) in [5.41, 5.74) is 8.75. The van der Waals surface area contributed by atoms with Gasteiger partial charge in [0.2, 0.25) is 0 Å². The van der Waals surface area contributed by atoms with Crippen LogP contribution in [0, 0.1) is 0 Å². The molecule has 8 nitrogen and oxygen atoms in total. The molecule has 3 N–H and O–H groups in total. The summed E-state index contributed by atoms with van der Waals surface area (Å²) in [5, 5.41) is 22.8. The Morgan fingerprint density at radius 2 is 1.79 bits per heavy atom. The number of rotatable bonds is 6. The molecule has 2 aliphatic heterocycles. The summed E-state index contributed by atoms with van der Waals surface area (Å²) in [7, 11) is 4.11. The summed E-state index contributed by atoms with van der Waals surface area (Å²) in [6.07, 6.45) is 0.598. The van der Waals surface area contributed by atoms with Crippen LogP contribution in [-0.4, -0.2) is 63.4 Å². The molecule has 178 valence electrons. The van der Waals surface area contributed by atoms with Crippen molar-refractivity contribution in [3.8, 4) is 11.1 Å². The van der Waals surface area contributed by atoms with Crippen molar-refractivity contribution in [3.63, 3.8) is 0 Å². The van der Waals surface area contributed by atoms with Gasteiger partial charge < -0.3 is 24.4 Å². The minimum atomic E-state index is -1.03. The smallest absolute Gasteiger partial charge is 0.164 e. The van der Waals surface area contributed by atoms with Gasteiger partial charge in [0, 0.05) is 23.9 Å². The molecule has 3 aromatic rings. The summed E-state index contributed by atoms with van der Waals surface area (Å²) in [6.45, 7) is 3.24. The van der Waals surface area contributed by atoms with Crippen LogP contribution in [0.5, 0.6) is 0 Å². The van der Waals surface area contributed by atoms with E-state index in [0.29, 0.717) is 6.54 Å². The van der Waals surface area contributed by atoms with Gasteiger partial charge >= 0.3 is 0 Å². The van der Waals surface area contributed by atoms with Crippen molar-refractivity contribution < 1.29 is 14.9 Å². The molecule has 3 heterocycles. The fourth-order valence-corrected chi connectivity index (χ4v) is 4.59. The lowest BCUT2D eigenvalue weighted by atomic mass is 10.0. The highest BCUT2D eigenvalue weighted by molar-refractivity contribution is 5.77. The topological polar surface area (TPSA) is 85.5 Å². The van der Waals surface area contributed by atoms with Crippen LogP contribution in [0.25, 0.3) is 11.1 Å². The first-order valence-electron chi connectivity index (χ1n) is 11.5. The Morgan fingerprint density at radius 3 is 2.44 bits per heavy atom. The van der Waals surface area contributed by atoms with E-state index in [9.17, 15) is 10.2 Å². The van der Waals surface area contributed by atoms with E-state index >= 15 is 0 Å². The molecule has 0 unspecified atom stereocenters. The number of aliphatic hydroxyl groups is 2. The van der Waals surface area contributed by atoms with E-state index in [1.165, 1.54) is 5.56 Å². The second-order valence-corrected chi connectivity index (χ2v) is 9.25. The third kappa shape index (κ3) is 4.33. The monoisotopic (exact) mass is 461 g/mol. The minimum Gasteiger partial charge on any atom is -0.388 e. The van der Waals surface area contributed by atoms with Crippen LogP contribution in [0.15, 0.2) is 65.8 Å². The molecule has 8 heteroatoms. The average molecular weight is 462 g/mol. The van der Waals surface area contributed by atoms with E-state index in [1.54, 1.807) is 13.3 Å². The zero-order valence-corrected chi connectivity index (χ0v) is 19.7. The summed E-state index contributed by atoms with van der Waals surface area (Å²) in [5.74, 6) is 0.726. The SMILES string of the molecule is C[C@H]1O[C@@H](n2cc(-c3ccccc3)c3c2N=CN(Nc2ccc(CN(C)C)cc2)C3)[C@H](O)[C@@H]1O. The minimum absolute atomic E-state index is 0.459. The first-order valence-corrected chi connectivity index (χ1v) is 11.5. The van der Waals surface area contributed by atoms with Crippen molar-refractivity contribution in [2.24, 2.45) is 4.99 Å². The number of aromatic nitrogens is 1. The van der Waals surface area contributed by atoms with Crippen LogP contribution in [0.4, 0.5) is 11.5 Å². The second-order valence-electron chi connectivity index (χ2n) is 9.25. The van der Waals surface area contributed by atoms with Crippen LogP contribution in [-0.2, 0) is 17.8 Å². The molecule has 0 saturated carbocycles. The van der Waals surface area contributed by atoms with E-state index in [0.717, 1.165) is 34.7 Å². The Kier molecular flexibility index (Phi) is 6.14. The van der Waals surface area contributed by atoms with Crippen molar-refractivity contribution in [2.45, 2.75) is 44.6 Å². The summed E-state index contributed by atoms with van der Waals surface area (Å²) in [4.78, 5) is 6.87. The van der Waals surface area contributed by atoms with Gasteiger partial charge in [0.1, 0.15) is 24.4 Å². The predicted octanol–water partition coefficient (Wildman–Crippen LogP) is 3.36. The number of anilines is 1. The molecule has 0 spiro atoms. The van der Waals surface area contributed by atoms with Gasteiger partial charge in [-0.05, 0) is 44.3 Å². The van der Waals surface area contributed by atoms with E-state index in [4.69, 9.17) is 9.73 Å². The number of hydrogen-bond donors (Lipinski definition) is 3. The Bertz CT molecular complexity index is 1160. The molecule has 0 radical (unpaired) electrons. The number of aliphatic hydroxyl groups excluding tert-OH is 2. The number of benzene rings is 2. The average Bonchev–Trinajstić information content (AvgIpc) is 3.33. The molecule has 4 atom stereocenters. The van der Waals surface area contributed by atoms with Gasteiger partial charge in [-0.2, -0.15) is 0 Å². The van der Waals surface area contributed by atoms with Crippen LogP contribution in [0.3, 0.4) is 0 Å². The molecule has 0 amide bonds. The second kappa shape index (κ2) is 9.23. The maximum Gasteiger partial charge on any atom is 0.164 e. The summed E-state index contributed by atoms with van der Waals surface area (Å²) in [6, 6.07) is 18.5. The largest absolute Gasteiger partial charge is 0.388 e. The van der Waals surface area contributed by atoms with Crippen LogP contribution in [0.1, 0.15) is 24.3 Å². The maximum absolute atomic E-state index is 10.6. The van der Waals surface area contributed by atoms with E-state index in [-0.39, 0.29) is 0 Å². The number of nitrogens with one attached hydrogen (secondary N) is 1. The van der Waals surface area contributed by atoms with Crippen molar-refractivity contribution in [1.29, 1.82) is 0 Å². The highest BCUT2D eigenvalue weighted by Crippen LogP contribution is 2.41. The molecule has 0 bridgehead atoms. The number of hydrogen-bond acceptors (Lipinski definition) is 7. The Hall–Kier alpha value is -3.17. The molecule has 0 aliphatic carbocycles. The Morgan fingerprint density at radius 1 is 1.06 bits per heavy atom. The number of nitrogens with zero attached hydrogens (tertiary/aromatic N) is 4. The molecular weight excluding hydrogens is 430 g/mol. The zero-order valence-electron chi connectivity index (χ0n) is 19.7. The van der Waals surface area contributed by atoms with Gasteiger partial charge in [-0.25, -0.2) is 4.99 Å². The third-order valence-electron chi connectivity index (χ3n) is 6.32. The molecule has 2 aliphatic rings. The fourth-order valence-electron chi connectivity index (χ4n) is 4.59. The standard InChI is InChI=1S/C26H31N5O3/c1-17-23(32)24(33)26(34-17)31-15-21(19-7-5-4-6-8-19)22-14-30(16-27-25(22)31)28-20-11-9-18(10-12-20)13-29(2)3/h4-12,15-17,23-24,26,28,32-33H,13-14H2,1-3H3/t17-,23-,24-,26-/m1/s1. The molecule has 1 saturated heterocycles. The van der Waals surface area contributed by atoms with E-state index < -0.39 is 24.5 Å². The quantitative estimate of drug-likeness (QED) is 0.522. The van der Waals surface area contributed by atoms with Gasteiger partial charge in [0.05, 0.1) is 18.3 Å². The lowest BCUT2D eigenvalue weighted by Gasteiger charge is -2.26. The van der Waals surface area contributed by atoms with E-state index in [2.05, 4.69) is 60.8 Å². The Balaban J connectivity index is 1.44. The van der Waals surface area contributed by atoms with Gasteiger partial charge in [-0.15, -0.1) is 0 Å². The van der Waals surface area contributed by atoms with Crippen molar-refractivity contribution >= 4 is 17.8 Å². The predicted molar refractivity (Wildman–Crippen MR) is 133 cm³/mol. The molecular formula is C26H31N5O3. The van der Waals surface area contributed by atoms with Gasteiger partial charge in [0.25, 0.3) is 0 Å². The van der Waals surface area contributed by atoms with Crippen LogP contribution in [0.2, 0.25) is 0 Å². The van der Waals surface area contributed by atoms with Crippen molar-refractivity contribution in [2.75, 3.05) is 19.5 Å². The third-order valence-corrected chi connectivity index (χ3v) is 6.32. The molecule has 5 rings (SSSR count). The van der Waals surface area contributed by atoms with E-state index in [1.807, 2.05) is 34.0 Å². The highest BCUT2D eigenvalue weighted by atomic mass is 16.6. The number of ether oxygens (including phenoxy) is 1. The van der Waals surface area contributed by atoms with Gasteiger partial charge in [0.15, 0.2) is 6.23 Å². The lowest BCUT2D eigenvalue weighted by Crippen LogP contribution is -2.31. The normalized spacial score (nSPS) is 24.0. The first-order chi connectivity index (χ1) is 16.4. The van der Waals surface area contributed by atoms with Crippen LogP contribution >= 0.6 is 0 Å². The first kappa shape index (κ1) is 22.6. The number of hydrazine groups is 1. The lowest BCUT2D eigenvalue weighted by molar-refractivity contribution is -0.0308. The van der Waals surface area contributed by atoms with Gasteiger partial charge in [-0.3, -0.25) is 10.4 Å². The summed E-state index contributed by atoms with van der Waals surface area (Å²) < 4.78 is 7.75. The molecule has 1 aromatic heterocycles. The number of aliphatic imine (C=N–C) groups is 1. The summed E-state index contributed by atoms with van der Waals surface area (Å²) >= 11 is 0. The van der Waals surface area contributed by atoms with Gasteiger partial charge in [-0.1, -0.05) is 42.5 Å². The Labute approximate surface area is 199 Å². The molecule has 1 fully saturated rings. The van der Waals surface area contributed by atoms with Crippen LogP contribution < -0.4 is 5.43 Å². The zero-order chi connectivity index (χ0) is 23.8. The fraction of sp³-hybridized carbons (Fsp3) is 0.346. The number of fused-ring (bicyclic) bond motifs is 1. The van der Waals surface area contributed by atoms with Crippen molar-refractivity contribution in [3.05, 3.63) is 71.9 Å². The van der Waals surface area contributed by atoms with Crippen molar-refractivity contribution in [1.82, 2.24) is 14.5 Å². The molecule has 34 heavy (non-hydrogen) atoms.